The van der Waals surface area contributed by atoms with Gasteiger partial charge in [0.05, 0.1) is 11.9 Å². The monoisotopic (exact) mass is 444 g/mol. The molecule has 1 N–H and O–H groups in total. The van der Waals surface area contributed by atoms with Gasteiger partial charge in [0.2, 0.25) is 22.7 Å². The van der Waals surface area contributed by atoms with E-state index in [0.29, 0.717) is 17.2 Å². The lowest BCUT2D eigenvalue weighted by Gasteiger charge is -2.30. The van der Waals surface area contributed by atoms with Gasteiger partial charge in [-0.05, 0) is 36.8 Å². The third-order valence-corrected chi connectivity index (χ3v) is 5.69. The molecular weight excluding hydrogens is 427 g/mol. The van der Waals surface area contributed by atoms with Crippen LogP contribution in [0.5, 0.6) is 11.5 Å². The Labute approximate surface area is 173 Å². The maximum absolute atomic E-state index is 12.9. The van der Waals surface area contributed by atoms with Gasteiger partial charge in [-0.1, -0.05) is 30.1 Å². The molecule has 0 aliphatic carbocycles. The molecule has 7 nitrogen and oxygen atoms in total. The van der Waals surface area contributed by atoms with E-state index in [1.165, 1.54) is 18.2 Å². The van der Waals surface area contributed by atoms with Gasteiger partial charge in [-0.25, -0.2) is 8.42 Å². The van der Waals surface area contributed by atoms with E-state index < -0.39 is 22.0 Å². The number of rotatable bonds is 6. The number of halogens is 2. The number of amides is 1. The lowest BCUT2D eigenvalue weighted by Crippen LogP contribution is -2.47. The van der Waals surface area contributed by atoms with Crippen LogP contribution in [0, 0.1) is 0 Å². The van der Waals surface area contributed by atoms with E-state index in [4.69, 9.17) is 32.7 Å². The number of fused-ring (bicyclic) bond motifs is 1. The van der Waals surface area contributed by atoms with E-state index in [2.05, 4.69) is 5.32 Å². The molecule has 2 aromatic carbocycles. The number of ether oxygens (including phenoxy) is 2. The zero-order valence-corrected chi connectivity index (χ0v) is 17.4. The number of carbonyl (C=O) groups is 1. The van der Waals surface area contributed by atoms with Crippen LogP contribution in [-0.2, 0) is 14.8 Å². The number of nitrogens with zero attached hydrogens (tertiary/aromatic N) is 1. The van der Waals surface area contributed by atoms with Crippen molar-refractivity contribution >= 4 is 50.5 Å². The summed E-state index contributed by atoms with van der Waals surface area (Å²) < 4.78 is 36.5. The standard InChI is InChI=1S/C18H18Cl2N2O5S/c1-3-15(18(23)21-13-4-5-16-17(9-13)27-10-26-16)22(28(2,24)25)14-7-11(19)6-12(20)8-14/h4-9,15H,3,10H2,1-2H3,(H,21,23)/t15-/m0/s1. The Bertz CT molecular complexity index is 993. The highest BCUT2D eigenvalue weighted by molar-refractivity contribution is 7.92. The van der Waals surface area contributed by atoms with E-state index in [-0.39, 0.29) is 28.9 Å². The molecule has 1 heterocycles. The van der Waals surface area contributed by atoms with Crippen LogP contribution in [-0.4, -0.2) is 33.4 Å². The van der Waals surface area contributed by atoms with E-state index in [9.17, 15) is 13.2 Å². The molecule has 1 aliphatic rings. The summed E-state index contributed by atoms with van der Waals surface area (Å²) in [4.78, 5) is 12.9. The summed E-state index contributed by atoms with van der Waals surface area (Å²) in [6.07, 6.45) is 1.26. The number of carbonyl (C=O) groups excluding carboxylic acids is 1. The number of hydrogen-bond donors (Lipinski definition) is 1. The Hall–Kier alpha value is -2.16. The number of hydrogen-bond acceptors (Lipinski definition) is 5. The average Bonchev–Trinajstić information content (AvgIpc) is 3.05. The number of sulfonamides is 1. The molecule has 10 heteroatoms. The molecule has 0 spiro atoms. The van der Waals surface area contributed by atoms with Crippen molar-refractivity contribution in [1.29, 1.82) is 0 Å². The minimum Gasteiger partial charge on any atom is -0.454 e. The molecular formula is C18H18Cl2N2O5S. The van der Waals surface area contributed by atoms with Gasteiger partial charge in [-0.15, -0.1) is 0 Å². The normalized spacial score (nSPS) is 13.9. The highest BCUT2D eigenvalue weighted by atomic mass is 35.5. The molecule has 1 atom stereocenters. The fourth-order valence-electron chi connectivity index (χ4n) is 2.93. The van der Waals surface area contributed by atoms with Crippen LogP contribution in [0.1, 0.15) is 13.3 Å². The minimum absolute atomic E-state index is 0.113. The summed E-state index contributed by atoms with van der Waals surface area (Å²) in [5.41, 5.74) is 0.679. The van der Waals surface area contributed by atoms with Crippen molar-refractivity contribution in [3.8, 4) is 11.5 Å². The largest absolute Gasteiger partial charge is 0.454 e. The van der Waals surface area contributed by atoms with Crippen LogP contribution in [0.25, 0.3) is 0 Å². The molecule has 0 saturated heterocycles. The maximum Gasteiger partial charge on any atom is 0.248 e. The molecule has 0 saturated carbocycles. The quantitative estimate of drug-likeness (QED) is 0.729. The molecule has 1 aliphatic heterocycles. The molecule has 0 bridgehead atoms. The van der Waals surface area contributed by atoms with Gasteiger partial charge in [-0.2, -0.15) is 0 Å². The van der Waals surface area contributed by atoms with E-state index in [1.54, 1.807) is 25.1 Å². The lowest BCUT2D eigenvalue weighted by atomic mass is 10.1. The van der Waals surface area contributed by atoms with Crippen molar-refractivity contribution in [1.82, 2.24) is 0 Å². The predicted molar refractivity (Wildman–Crippen MR) is 109 cm³/mol. The van der Waals surface area contributed by atoms with E-state index in [1.807, 2.05) is 0 Å². The summed E-state index contributed by atoms with van der Waals surface area (Å²) in [6.45, 7) is 1.83. The molecule has 28 heavy (non-hydrogen) atoms. The van der Waals surface area contributed by atoms with Crippen molar-refractivity contribution in [2.75, 3.05) is 22.7 Å². The molecule has 0 aromatic heterocycles. The highest BCUT2D eigenvalue weighted by Crippen LogP contribution is 2.35. The zero-order chi connectivity index (χ0) is 20.5. The number of nitrogens with one attached hydrogen (secondary N) is 1. The molecule has 1 amide bonds. The topological polar surface area (TPSA) is 84.9 Å². The van der Waals surface area contributed by atoms with Crippen LogP contribution >= 0.6 is 23.2 Å². The first-order valence-corrected chi connectivity index (χ1v) is 11.0. The second kappa shape index (κ2) is 8.06. The van der Waals surface area contributed by atoms with Gasteiger partial charge in [0, 0.05) is 21.8 Å². The van der Waals surface area contributed by atoms with Crippen molar-refractivity contribution in [2.24, 2.45) is 0 Å². The number of benzene rings is 2. The van der Waals surface area contributed by atoms with Crippen LogP contribution < -0.4 is 19.1 Å². The Morgan fingerprint density at radius 3 is 2.39 bits per heavy atom. The first-order chi connectivity index (χ1) is 13.2. The van der Waals surface area contributed by atoms with Gasteiger partial charge in [0.1, 0.15) is 6.04 Å². The van der Waals surface area contributed by atoms with Crippen LogP contribution in [0.15, 0.2) is 36.4 Å². The Kier molecular flexibility index (Phi) is 5.92. The van der Waals surface area contributed by atoms with E-state index >= 15 is 0 Å². The summed E-state index contributed by atoms with van der Waals surface area (Å²) in [5, 5.41) is 3.26. The smallest absolute Gasteiger partial charge is 0.248 e. The zero-order valence-electron chi connectivity index (χ0n) is 15.1. The molecule has 0 radical (unpaired) electrons. The lowest BCUT2D eigenvalue weighted by molar-refractivity contribution is -0.117. The SMILES string of the molecule is CC[C@@H](C(=O)Nc1ccc2c(c1)OCO2)N(c1cc(Cl)cc(Cl)c1)S(C)(=O)=O. The van der Waals surface area contributed by atoms with Crippen molar-refractivity contribution < 1.29 is 22.7 Å². The summed E-state index contributed by atoms with van der Waals surface area (Å²) in [6, 6.07) is 8.32. The third kappa shape index (κ3) is 4.45. The Morgan fingerprint density at radius 1 is 1.14 bits per heavy atom. The van der Waals surface area contributed by atoms with Gasteiger partial charge in [0.15, 0.2) is 11.5 Å². The summed E-state index contributed by atoms with van der Waals surface area (Å²) >= 11 is 12.0. The van der Waals surface area contributed by atoms with Crippen LogP contribution in [0.3, 0.4) is 0 Å². The van der Waals surface area contributed by atoms with Crippen molar-refractivity contribution in [3.63, 3.8) is 0 Å². The Balaban J connectivity index is 1.92. The first kappa shape index (κ1) is 20.6. The summed E-state index contributed by atoms with van der Waals surface area (Å²) in [5.74, 6) is 0.590. The predicted octanol–water partition coefficient (Wildman–Crippen LogP) is 3.91. The third-order valence-electron chi connectivity index (χ3n) is 4.07. The average molecular weight is 445 g/mol. The molecule has 2 aromatic rings. The fourth-order valence-corrected chi connectivity index (χ4v) is 4.64. The van der Waals surface area contributed by atoms with Crippen molar-refractivity contribution in [2.45, 2.75) is 19.4 Å². The van der Waals surface area contributed by atoms with Crippen LogP contribution in [0.4, 0.5) is 11.4 Å². The first-order valence-electron chi connectivity index (χ1n) is 8.35. The highest BCUT2D eigenvalue weighted by Gasteiger charge is 2.32. The van der Waals surface area contributed by atoms with Gasteiger partial charge < -0.3 is 14.8 Å². The fraction of sp³-hybridized carbons (Fsp3) is 0.278. The second-order valence-electron chi connectivity index (χ2n) is 6.17. The van der Waals surface area contributed by atoms with Gasteiger partial charge in [-0.3, -0.25) is 9.10 Å². The van der Waals surface area contributed by atoms with E-state index in [0.717, 1.165) is 10.6 Å². The maximum atomic E-state index is 12.9. The summed E-state index contributed by atoms with van der Waals surface area (Å²) in [7, 11) is -3.80. The minimum atomic E-state index is -3.80. The van der Waals surface area contributed by atoms with Gasteiger partial charge in [0.25, 0.3) is 0 Å². The molecule has 0 fully saturated rings. The molecule has 3 rings (SSSR count). The Morgan fingerprint density at radius 2 is 1.79 bits per heavy atom. The van der Waals surface area contributed by atoms with Crippen LogP contribution in [0.2, 0.25) is 10.0 Å². The molecule has 150 valence electrons. The second-order valence-corrected chi connectivity index (χ2v) is 8.90. The number of anilines is 2. The van der Waals surface area contributed by atoms with Crippen molar-refractivity contribution in [3.05, 3.63) is 46.4 Å². The van der Waals surface area contributed by atoms with Gasteiger partial charge >= 0.3 is 0 Å². The molecule has 0 unspecified atom stereocenters.